The van der Waals surface area contributed by atoms with Gasteiger partial charge >= 0.3 is 5.97 Å². The Morgan fingerprint density at radius 2 is 2.00 bits per heavy atom. The van der Waals surface area contributed by atoms with Crippen LogP contribution in [0.5, 0.6) is 0 Å². The molecule has 1 heterocycles. The van der Waals surface area contributed by atoms with Crippen LogP contribution in [0.4, 0.5) is 0 Å². The minimum Gasteiger partial charge on any atom is -0.479 e. The Labute approximate surface area is 148 Å². The number of carbonyl (C=O) groups is 2. The molecule has 2 N–H and O–H groups in total. The molecule has 1 amide bonds. The van der Waals surface area contributed by atoms with Gasteiger partial charge in [0.2, 0.25) is 5.91 Å². The van der Waals surface area contributed by atoms with Crippen LogP contribution < -0.4 is 5.32 Å². The van der Waals surface area contributed by atoms with Gasteiger partial charge in [0.1, 0.15) is 6.33 Å². The molecule has 1 atom stereocenters. The molecule has 2 rings (SSSR count). The van der Waals surface area contributed by atoms with Crippen LogP contribution in [0.1, 0.15) is 31.5 Å². The number of halogens is 1. The number of nitrogens with zero attached hydrogens (tertiary/aromatic N) is 3. The van der Waals surface area contributed by atoms with Gasteiger partial charge in [0.05, 0.1) is 5.75 Å². The smallest absolute Gasteiger partial charge is 0.330 e. The van der Waals surface area contributed by atoms with Crippen LogP contribution in [-0.4, -0.2) is 37.5 Å². The molecule has 0 aliphatic carbocycles. The van der Waals surface area contributed by atoms with Crippen LogP contribution in [0.2, 0.25) is 5.02 Å². The Kier molecular flexibility index (Phi) is 6.22. The van der Waals surface area contributed by atoms with Gasteiger partial charge in [-0.05, 0) is 31.5 Å². The number of benzene rings is 1. The van der Waals surface area contributed by atoms with E-state index in [0.29, 0.717) is 15.7 Å². The number of carboxylic acid groups (broad SMARTS) is 1. The van der Waals surface area contributed by atoms with E-state index in [1.165, 1.54) is 11.8 Å². The summed E-state index contributed by atoms with van der Waals surface area (Å²) in [6.45, 7) is 3.96. The first-order chi connectivity index (χ1) is 11.4. The lowest BCUT2D eigenvalue weighted by Gasteiger charge is -2.15. The number of amides is 1. The van der Waals surface area contributed by atoms with Crippen molar-refractivity contribution in [2.24, 2.45) is 0 Å². The highest BCUT2D eigenvalue weighted by Gasteiger charge is 2.22. The van der Waals surface area contributed by atoms with Gasteiger partial charge in [0.25, 0.3) is 0 Å². The molecule has 0 aliphatic rings. The molecule has 1 aromatic carbocycles. The highest BCUT2D eigenvalue weighted by molar-refractivity contribution is 7.99. The summed E-state index contributed by atoms with van der Waals surface area (Å²) in [7, 11) is 0. The second-order valence-electron chi connectivity index (χ2n) is 5.29. The lowest BCUT2D eigenvalue weighted by Crippen LogP contribution is -2.34. The zero-order valence-corrected chi connectivity index (χ0v) is 14.7. The fourth-order valence-corrected chi connectivity index (χ4v) is 2.95. The van der Waals surface area contributed by atoms with E-state index in [-0.39, 0.29) is 11.8 Å². The molecule has 0 spiro atoms. The maximum atomic E-state index is 12.1. The van der Waals surface area contributed by atoms with Crippen molar-refractivity contribution >= 4 is 35.2 Å². The molecule has 0 saturated carbocycles. The number of thioether (sulfide) groups is 1. The third-order valence-electron chi connectivity index (χ3n) is 3.18. The first-order valence-electron chi connectivity index (χ1n) is 7.18. The van der Waals surface area contributed by atoms with Crippen LogP contribution >= 0.6 is 23.4 Å². The average Bonchev–Trinajstić information content (AvgIpc) is 3.00. The van der Waals surface area contributed by atoms with Crippen molar-refractivity contribution < 1.29 is 14.7 Å². The Morgan fingerprint density at radius 1 is 1.33 bits per heavy atom. The first kappa shape index (κ1) is 18.3. The molecule has 24 heavy (non-hydrogen) atoms. The zero-order valence-electron chi connectivity index (χ0n) is 13.1. The van der Waals surface area contributed by atoms with Crippen molar-refractivity contribution in [1.82, 2.24) is 20.1 Å². The normalized spacial score (nSPS) is 12.2. The highest BCUT2D eigenvalue weighted by atomic mass is 35.5. The number of nitrogens with one attached hydrogen (secondary N) is 1. The van der Waals surface area contributed by atoms with Crippen LogP contribution in [0.3, 0.4) is 0 Å². The van der Waals surface area contributed by atoms with Crippen molar-refractivity contribution in [3.63, 3.8) is 0 Å². The van der Waals surface area contributed by atoms with E-state index >= 15 is 0 Å². The van der Waals surface area contributed by atoms with Crippen molar-refractivity contribution in [3.8, 4) is 0 Å². The van der Waals surface area contributed by atoms with E-state index in [4.69, 9.17) is 11.6 Å². The molecule has 0 fully saturated rings. The van der Waals surface area contributed by atoms with Crippen molar-refractivity contribution in [1.29, 1.82) is 0 Å². The van der Waals surface area contributed by atoms with E-state index in [1.54, 1.807) is 30.6 Å². The quantitative estimate of drug-likeness (QED) is 0.729. The van der Waals surface area contributed by atoms with E-state index in [9.17, 15) is 14.7 Å². The van der Waals surface area contributed by atoms with E-state index in [2.05, 4.69) is 15.5 Å². The van der Waals surface area contributed by atoms with Crippen LogP contribution in [0.25, 0.3) is 0 Å². The number of carboxylic acids is 1. The van der Waals surface area contributed by atoms with Crippen molar-refractivity contribution in [2.45, 2.75) is 31.1 Å². The predicted molar refractivity (Wildman–Crippen MR) is 91.1 cm³/mol. The van der Waals surface area contributed by atoms with Gasteiger partial charge in [-0.3, -0.25) is 4.79 Å². The molecule has 9 heteroatoms. The molecule has 128 valence electrons. The number of carbonyl (C=O) groups excluding carboxylic acids is 1. The Morgan fingerprint density at radius 3 is 2.58 bits per heavy atom. The molecular formula is C15H17ClN4O3S. The maximum Gasteiger partial charge on any atom is 0.330 e. The molecule has 1 unspecified atom stereocenters. The molecule has 0 saturated heterocycles. The maximum absolute atomic E-state index is 12.1. The lowest BCUT2D eigenvalue weighted by molar-refractivity contribution is -0.141. The Balaban J connectivity index is 1.99. The van der Waals surface area contributed by atoms with Gasteiger partial charge in [-0.15, -0.1) is 10.2 Å². The van der Waals surface area contributed by atoms with Gasteiger partial charge in [-0.1, -0.05) is 35.5 Å². The van der Waals surface area contributed by atoms with Gasteiger partial charge in [-0.2, -0.15) is 0 Å². The number of hydrogen-bond acceptors (Lipinski definition) is 5. The summed E-state index contributed by atoms with van der Waals surface area (Å²) >= 11 is 7.00. The molecule has 0 bridgehead atoms. The number of aromatic nitrogens is 3. The summed E-state index contributed by atoms with van der Waals surface area (Å²) in [5.74, 6) is -1.50. The summed E-state index contributed by atoms with van der Waals surface area (Å²) in [5.41, 5.74) is 0.454. The standard InChI is InChI=1S/C15H17ClN4O3S/c1-9(2)20-8-17-19-15(20)24-7-12(21)18-13(14(22)23)10-3-5-11(16)6-4-10/h3-6,8-9,13H,7H2,1-2H3,(H,18,21)(H,22,23). The largest absolute Gasteiger partial charge is 0.479 e. The predicted octanol–water partition coefficient (Wildman–Crippen LogP) is 2.55. The third kappa shape index (κ3) is 4.72. The number of hydrogen-bond donors (Lipinski definition) is 2. The highest BCUT2D eigenvalue weighted by Crippen LogP contribution is 2.20. The SMILES string of the molecule is CC(C)n1cnnc1SCC(=O)NC(C(=O)O)c1ccc(Cl)cc1. The topological polar surface area (TPSA) is 97.1 Å². The van der Waals surface area contributed by atoms with Gasteiger partial charge in [-0.25, -0.2) is 4.79 Å². The van der Waals surface area contributed by atoms with Gasteiger partial charge in [0, 0.05) is 11.1 Å². The lowest BCUT2D eigenvalue weighted by atomic mass is 10.1. The Bertz CT molecular complexity index is 718. The molecule has 2 aromatic rings. The minimum absolute atomic E-state index is 0.0444. The Hall–Kier alpha value is -2.06. The summed E-state index contributed by atoms with van der Waals surface area (Å²) in [6.07, 6.45) is 1.60. The second-order valence-corrected chi connectivity index (χ2v) is 6.67. The fourth-order valence-electron chi connectivity index (χ4n) is 1.97. The number of rotatable bonds is 7. The molecule has 0 radical (unpaired) electrons. The summed E-state index contributed by atoms with van der Waals surface area (Å²) in [6, 6.07) is 5.36. The van der Waals surface area contributed by atoms with Crippen molar-refractivity contribution in [2.75, 3.05) is 5.75 Å². The fraction of sp³-hybridized carbons (Fsp3) is 0.333. The van der Waals surface area contributed by atoms with E-state index in [0.717, 1.165) is 0 Å². The average molecular weight is 369 g/mol. The monoisotopic (exact) mass is 368 g/mol. The third-order valence-corrected chi connectivity index (χ3v) is 4.39. The molecular weight excluding hydrogens is 352 g/mol. The zero-order chi connectivity index (χ0) is 17.7. The van der Waals surface area contributed by atoms with E-state index < -0.39 is 17.9 Å². The van der Waals surface area contributed by atoms with Gasteiger partial charge < -0.3 is 15.0 Å². The van der Waals surface area contributed by atoms with Crippen molar-refractivity contribution in [3.05, 3.63) is 41.2 Å². The van der Waals surface area contributed by atoms with Gasteiger partial charge in [0.15, 0.2) is 11.2 Å². The molecule has 0 aliphatic heterocycles. The molecule has 1 aromatic heterocycles. The number of aliphatic carboxylic acids is 1. The van der Waals surface area contributed by atoms with Crippen LogP contribution in [-0.2, 0) is 9.59 Å². The summed E-state index contributed by atoms with van der Waals surface area (Å²) < 4.78 is 1.84. The van der Waals surface area contributed by atoms with Crippen LogP contribution in [0, 0.1) is 0 Å². The summed E-state index contributed by atoms with van der Waals surface area (Å²) in [5, 5.41) is 20.7. The first-order valence-corrected chi connectivity index (χ1v) is 8.54. The van der Waals surface area contributed by atoms with Crippen LogP contribution in [0.15, 0.2) is 35.7 Å². The molecule has 7 nitrogen and oxygen atoms in total. The van der Waals surface area contributed by atoms with E-state index in [1.807, 2.05) is 18.4 Å². The summed E-state index contributed by atoms with van der Waals surface area (Å²) in [4.78, 5) is 23.5. The minimum atomic E-state index is -1.14. The second kappa shape index (κ2) is 8.16.